The van der Waals surface area contributed by atoms with Crippen LogP contribution in [0.3, 0.4) is 0 Å². The van der Waals surface area contributed by atoms with Crippen LogP contribution in [0.25, 0.3) is 0 Å². The third-order valence-electron chi connectivity index (χ3n) is 5.51. The third kappa shape index (κ3) is 17.6. The molecule has 3 fully saturated rings. The standard InChI is InChI=1S/C7H6O2.3C6H12.Sn/c8-7(9)6-4-2-1-3-5-6;3*1-2-4-6-5-3-1;/h1-5H,(H,8,9);3*1-6H2;/p-1. The van der Waals surface area contributed by atoms with Crippen molar-refractivity contribution in [3.05, 3.63) is 35.9 Å². The minimum atomic E-state index is -1.13. The van der Waals surface area contributed by atoms with Gasteiger partial charge in [-0.3, -0.25) is 0 Å². The Balaban J connectivity index is 0.000000349. The van der Waals surface area contributed by atoms with Crippen molar-refractivity contribution in [3.63, 3.8) is 0 Å². The van der Waals surface area contributed by atoms with E-state index in [4.69, 9.17) is 0 Å². The Morgan fingerprint density at radius 1 is 0.500 bits per heavy atom. The van der Waals surface area contributed by atoms with E-state index in [0.717, 1.165) is 0 Å². The summed E-state index contributed by atoms with van der Waals surface area (Å²) in [7, 11) is 0. The van der Waals surface area contributed by atoms with Gasteiger partial charge in [0, 0.05) is 23.9 Å². The minimum absolute atomic E-state index is 0. The number of carboxylic acids is 1. The van der Waals surface area contributed by atoms with Crippen molar-refractivity contribution in [2.75, 3.05) is 0 Å². The molecule has 0 atom stereocenters. The third-order valence-corrected chi connectivity index (χ3v) is 5.51. The number of rotatable bonds is 1. The molecule has 0 N–H and O–H groups in total. The van der Waals surface area contributed by atoms with Gasteiger partial charge in [0.25, 0.3) is 0 Å². The number of carbonyl (C=O) groups is 1. The van der Waals surface area contributed by atoms with E-state index in [1.54, 1.807) is 18.2 Å². The van der Waals surface area contributed by atoms with Crippen molar-refractivity contribution in [1.29, 1.82) is 0 Å². The zero-order chi connectivity index (χ0) is 19.4. The molecule has 0 aromatic heterocycles. The molecule has 4 radical (unpaired) electrons. The smallest absolute Gasteiger partial charge is 0.0715 e. The summed E-state index contributed by atoms with van der Waals surface area (Å²) in [6.07, 6.45) is 27.0. The van der Waals surface area contributed by atoms with E-state index in [1.807, 2.05) is 0 Å². The number of carboxylic acid groups (broad SMARTS) is 1. The average Bonchev–Trinajstić information content (AvgIpc) is 2.79. The van der Waals surface area contributed by atoms with Gasteiger partial charge in [-0.1, -0.05) is 146 Å². The van der Waals surface area contributed by atoms with Gasteiger partial charge in [0.05, 0.1) is 5.97 Å². The van der Waals surface area contributed by atoms with Crippen LogP contribution in [0.4, 0.5) is 0 Å². The summed E-state index contributed by atoms with van der Waals surface area (Å²) in [5, 5.41) is 10.1. The molecule has 0 saturated heterocycles. The van der Waals surface area contributed by atoms with Gasteiger partial charge in [-0.2, -0.15) is 0 Å². The first-order chi connectivity index (χ1) is 13.3. The SMILES string of the molecule is C1CCCCC1.C1CCCCC1.C1CCCCC1.O=C([O-])c1ccccc1.[Sn]. The molecule has 2 nitrogen and oxygen atoms in total. The molecular formula is C25H41O2Sn-. The molecule has 28 heavy (non-hydrogen) atoms. The van der Waals surface area contributed by atoms with Gasteiger partial charge in [-0.15, -0.1) is 0 Å². The van der Waals surface area contributed by atoms with E-state index in [0.29, 0.717) is 0 Å². The quantitative estimate of drug-likeness (QED) is 0.410. The Labute approximate surface area is 190 Å². The molecule has 1 aromatic carbocycles. The van der Waals surface area contributed by atoms with Crippen LogP contribution in [0.2, 0.25) is 0 Å². The maximum absolute atomic E-state index is 10.1. The molecule has 4 rings (SSSR count). The molecule has 0 aliphatic heterocycles. The Bertz CT molecular complexity index is 372. The normalized spacial score (nSPS) is 18.3. The van der Waals surface area contributed by atoms with Gasteiger partial charge in [-0.05, 0) is 5.56 Å². The van der Waals surface area contributed by atoms with Gasteiger partial charge < -0.3 is 9.90 Å². The number of benzene rings is 1. The molecule has 0 bridgehead atoms. The van der Waals surface area contributed by atoms with Crippen molar-refractivity contribution < 1.29 is 9.90 Å². The summed E-state index contributed by atoms with van der Waals surface area (Å²) in [6.45, 7) is 0. The summed E-state index contributed by atoms with van der Waals surface area (Å²) in [5.74, 6) is -1.13. The topological polar surface area (TPSA) is 40.1 Å². The van der Waals surface area contributed by atoms with Crippen LogP contribution in [0.15, 0.2) is 30.3 Å². The second-order valence-corrected chi connectivity index (χ2v) is 8.02. The van der Waals surface area contributed by atoms with Crippen LogP contribution >= 0.6 is 0 Å². The van der Waals surface area contributed by atoms with Gasteiger partial charge >= 0.3 is 0 Å². The molecule has 3 aliphatic carbocycles. The van der Waals surface area contributed by atoms with Gasteiger partial charge in [0.15, 0.2) is 0 Å². The molecule has 158 valence electrons. The van der Waals surface area contributed by atoms with E-state index in [2.05, 4.69) is 0 Å². The first-order valence-electron chi connectivity index (χ1n) is 11.6. The number of hydrogen-bond acceptors (Lipinski definition) is 2. The molecule has 0 spiro atoms. The van der Waals surface area contributed by atoms with Crippen molar-refractivity contribution in [3.8, 4) is 0 Å². The molecule has 0 unspecified atom stereocenters. The molecule has 3 heteroatoms. The first-order valence-corrected chi connectivity index (χ1v) is 11.6. The Hall–Kier alpha value is -0.511. The van der Waals surface area contributed by atoms with E-state index in [-0.39, 0.29) is 29.5 Å². The van der Waals surface area contributed by atoms with Crippen LogP contribution in [0.5, 0.6) is 0 Å². The second kappa shape index (κ2) is 21.2. The van der Waals surface area contributed by atoms with E-state index < -0.39 is 5.97 Å². The summed E-state index contributed by atoms with van der Waals surface area (Å²) >= 11 is 0. The van der Waals surface area contributed by atoms with E-state index in [1.165, 1.54) is 128 Å². The molecule has 1 aromatic rings. The maximum atomic E-state index is 10.1. The van der Waals surface area contributed by atoms with Crippen LogP contribution in [0.1, 0.15) is 126 Å². The van der Waals surface area contributed by atoms with E-state index in [9.17, 15) is 9.90 Å². The summed E-state index contributed by atoms with van der Waals surface area (Å²) in [5.41, 5.74) is 0.220. The second-order valence-electron chi connectivity index (χ2n) is 8.02. The molecule has 3 saturated carbocycles. The average molecular weight is 492 g/mol. The van der Waals surface area contributed by atoms with E-state index >= 15 is 0 Å². The minimum Gasteiger partial charge on any atom is -0.545 e. The van der Waals surface area contributed by atoms with Crippen molar-refractivity contribution in [1.82, 2.24) is 0 Å². The summed E-state index contributed by atoms with van der Waals surface area (Å²) < 4.78 is 0. The van der Waals surface area contributed by atoms with Crippen LogP contribution in [-0.4, -0.2) is 29.9 Å². The number of aromatic carboxylic acids is 1. The first kappa shape index (κ1) is 27.5. The molecule has 3 aliphatic rings. The van der Waals surface area contributed by atoms with Crippen LogP contribution < -0.4 is 5.11 Å². The summed E-state index contributed by atoms with van der Waals surface area (Å²) in [4.78, 5) is 10.1. The number of hydrogen-bond donors (Lipinski definition) is 0. The fourth-order valence-electron chi connectivity index (χ4n) is 3.76. The predicted molar refractivity (Wildman–Crippen MR) is 120 cm³/mol. The Kier molecular flexibility index (Phi) is 20.8. The van der Waals surface area contributed by atoms with Crippen molar-refractivity contribution in [2.45, 2.75) is 116 Å². The summed E-state index contributed by atoms with van der Waals surface area (Å²) in [6, 6.07) is 8.06. The zero-order valence-electron chi connectivity index (χ0n) is 17.9. The largest absolute Gasteiger partial charge is 0.545 e. The van der Waals surface area contributed by atoms with Crippen molar-refractivity contribution in [2.24, 2.45) is 0 Å². The fourth-order valence-corrected chi connectivity index (χ4v) is 3.76. The zero-order valence-corrected chi connectivity index (χ0v) is 20.8. The molecule has 0 heterocycles. The predicted octanol–water partition coefficient (Wildman–Crippen LogP) is 6.69. The Morgan fingerprint density at radius 3 is 0.857 bits per heavy atom. The fraction of sp³-hybridized carbons (Fsp3) is 0.720. The van der Waals surface area contributed by atoms with Crippen LogP contribution in [-0.2, 0) is 0 Å². The Morgan fingerprint density at radius 2 is 0.714 bits per heavy atom. The molecule has 0 amide bonds. The van der Waals surface area contributed by atoms with Gasteiger partial charge in [0.2, 0.25) is 0 Å². The number of carbonyl (C=O) groups excluding carboxylic acids is 1. The van der Waals surface area contributed by atoms with Gasteiger partial charge in [0.1, 0.15) is 0 Å². The van der Waals surface area contributed by atoms with Crippen molar-refractivity contribution >= 4 is 29.9 Å². The van der Waals surface area contributed by atoms with Gasteiger partial charge in [-0.25, -0.2) is 0 Å². The van der Waals surface area contributed by atoms with Crippen LogP contribution in [0, 0.1) is 0 Å². The molecular weight excluding hydrogens is 451 g/mol. The monoisotopic (exact) mass is 493 g/mol. The maximum Gasteiger partial charge on any atom is 0.0715 e.